The van der Waals surface area contributed by atoms with Gasteiger partial charge in [0.25, 0.3) is 11.8 Å². The molecule has 6 heteroatoms. The quantitative estimate of drug-likeness (QED) is 0.776. The first-order valence-electron chi connectivity index (χ1n) is 6.65. The molecule has 0 spiro atoms. The van der Waals surface area contributed by atoms with Crippen LogP contribution in [0.3, 0.4) is 0 Å². The summed E-state index contributed by atoms with van der Waals surface area (Å²) in [5, 5.41) is 12.3. The Morgan fingerprint density at radius 1 is 1.29 bits per heavy atom. The monoisotopic (exact) mass is 286 g/mol. The van der Waals surface area contributed by atoms with Crippen LogP contribution in [0, 0.1) is 0 Å². The predicted molar refractivity (Wildman–Crippen MR) is 74.2 cm³/mol. The Balaban J connectivity index is 2.00. The summed E-state index contributed by atoms with van der Waals surface area (Å²) in [4.78, 5) is 37.3. The Bertz CT molecular complexity index is 668. The number of nitrogens with zero attached hydrogens (tertiary/aromatic N) is 1. The topological polar surface area (TPSA) is 86.7 Å². The molecule has 0 bridgehead atoms. The van der Waals surface area contributed by atoms with Gasteiger partial charge in [0.2, 0.25) is 5.91 Å². The molecule has 3 amide bonds. The minimum absolute atomic E-state index is 0.170. The highest BCUT2D eigenvalue weighted by atomic mass is 16.3. The summed E-state index contributed by atoms with van der Waals surface area (Å²) in [6, 6.07) is 4.23. The molecular formula is C15H14N2O4. The third-order valence-electron chi connectivity index (χ3n) is 3.87. The third kappa shape index (κ3) is 1.95. The van der Waals surface area contributed by atoms with Crippen molar-refractivity contribution in [3.63, 3.8) is 0 Å². The van der Waals surface area contributed by atoms with Crippen LogP contribution in [0.1, 0.15) is 39.1 Å². The number of amides is 3. The molecule has 0 saturated carbocycles. The SMILES string of the molecule is C=Cc1cccc2c1C(=O)N(C1CCC(=O)NC1O)C2=O. The van der Waals surface area contributed by atoms with Gasteiger partial charge in [0.1, 0.15) is 6.23 Å². The molecule has 1 aromatic carbocycles. The molecule has 6 nitrogen and oxygen atoms in total. The lowest BCUT2D eigenvalue weighted by molar-refractivity contribution is -0.129. The van der Waals surface area contributed by atoms with Crippen LogP contribution in [0.2, 0.25) is 0 Å². The lowest BCUT2D eigenvalue weighted by atomic mass is 10.0. The minimum Gasteiger partial charge on any atom is -0.372 e. The van der Waals surface area contributed by atoms with E-state index in [1.165, 1.54) is 6.08 Å². The van der Waals surface area contributed by atoms with Crippen molar-refractivity contribution in [1.82, 2.24) is 10.2 Å². The van der Waals surface area contributed by atoms with Gasteiger partial charge in [0, 0.05) is 6.42 Å². The number of rotatable bonds is 2. The number of aliphatic hydroxyl groups is 1. The molecule has 1 fully saturated rings. The number of carbonyl (C=O) groups excluding carboxylic acids is 3. The highest BCUT2D eigenvalue weighted by molar-refractivity contribution is 6.23. The summed E-state index contributed by atoms with van der Waals surface area (Å²) in [6.45, 7) is 3.64. The van der Waals surface area contributed by atoms with Crippen LogP contribution in [-0.2, 0) is 4.79 Å². The average molecular weight is 286 g/mol. The molecule has 2 aliphatic rings. The fourth-order valence-electron chi connectivity index (χ4n) is 2.84. The van der Waals surface area contributed by atoms with Gasteiger partial charge >= 0.3 is 0 Å². The molecule has 2 atom stereocenters. The molecule has 3 rings (SSSR count). The van der Waals surface area contributed by atoms with E-state index >= 15 is 0 Å². The Morgan fingerprint density at radius 2 is 2.05 bits per heavy atom. The lowest BCUT2D eigenvalue weighted by Gasteiger charge is -2.33. The maximum Gasteiger partial charge on any atom is 0.262 e. The number of nitrogens with one attached hydrogen (secondary N) is 1. The molecule has 21 heavy (non-hydrogen) atoms. The van der Waals surface area contributed by atoms with Gasteiger partial charge in [-0.25, -0.2) is 0 Å². The first-order valence-corrected chi connectivity index (χ1v) is 6.65. The molecule has 0 aromatic heterocycles. The molecule has 2 N–H and O–H groups in total. The number of hydrogen-bond acceptors (Lipinski definition) is 4. The zero-order chi connectivity index (χ0) is 15.1. The molecule has 2 heterocycles. The van der Waals surface area contributed by atoms with Gasteiger partial charge in [-0.05, 0) is 18.1 Å². The third-order valence-corrected chi connectivity index (χ3v) is 3.87. The van der Waals surface area contributed by atoms with E-state index < -0.39 is 24.1 Å². The highest BCUT2D eigenvalue weighted by Gasteiger charge is 2.44. The van der Waals surface area contributed by atoms with Crippen LogP contribution in [0.15, 0.2) is 24.8 Å². The van der Waals surface area contributed by atoms with E-state index in [1.54, 1.807) is 18.2 Å². The van der Waals surface area contributed by atoms with Crippen LogP contribution < -0.4 is 5.32 Å². The van der Waals surface area contributed by atoms with Crippen molar-refractivity contribution in [2.75, 3.05) is 0 Å². The number of hydrogen-bond donors (Lipinski definition) is 2. The first-order chi connectivity index (χ1) is 10.0. The van der Waals surface area contributed by atoms with Gasteiger partial charge in [-0.2, -0.15) is 0 Å². The van der Waals surface area contributed by atoms with Crippen LogP contribution in [0.4, 0.5) is 0 Å². The summed E-state index contributed by atoms with van der Waals surface area (Å²) >= 11 is 0. The number of benzene rings is 1. The predicted octanol–water partition coefficient (Wildman–Crippen LogP) is 0.523. The van der Waals surface area contributed by atoms with Crippen LogP contribution in [0.5, 0.6) is 0 Å². The normalized spacial score (nSPS) is 24.8. The fourth-order valence-corrected chi connectivity index (χ4v) is 2.84. The van der Waals surface area contributed by atoms with Crippen LogP contribution >= 0.6 is 0 Å². The Morgan fingerprint density at radius 3 is 2.71 bits per heavy atom. The summed E-state index contributed by atoms with van der Waals surface area (Å²) in [5.74, 6) is -1.19. The number of carbonyl (C=O) groups is 3. The van der Waals surface area contributed by atoms with Crippen LogP contribution in [0.25, 0.3) is 6.08 Å². The average Bonchev–Trinajstić information content (AvgIpc) is 2.72. The van der Waals surface area contributed by atoms with Gasteiger partial charge in [-0.3, -0.25) is 19.3 Å². The van der Waals surface area contributed by atoms with E-state index in [-0.39, 0.29) is 18.7 Å². The van der Waals surface area contributed by atoms with E-state index in [2.05, 4.69) is 11.9 Å². The van der Waals surface area contributed by atoms with E-state index in [4.69, 9.17) is 0 Å². The molecule has 0 radical (unpaired) electrons. The Labute approximate surface area is 121 Å². The second-order valence-corrected chi connectivity index (χ2v) is 5.07. The van der Waals surface area contributed by atoms with E-state index in [9.17, 15) is 19.5 Å². The van der Waals surface area contributed by atoms with Gasteiger partial charge < -0.3 is 10.4 Å². The van der Waals surface area contributed by atoms with Crippen LogP contribution in [-0.4, -0.2) is 40.0 Å². The van der Waals surface area contributed by atoms with E-state index in [0.29, 0.717) is 16.7 Å². The maximum atomic E-state index is 12.5. The Kier molecular flexibility index (Phi) is 3.10. The largest absolute Gasteiger partial charge is 0.372 e. The van der Waals surface area contributed by atoms with Gasteiger partial charge in [-0.1, -0.05) is 24.8 Å². The number of imide groups is 1. The summed E-state index contributed by atoms with van der Waals surface area (Å²) in [6.07, 6.45) is 0.707. The van der Waals surface area contributed by atoms with Crippen molar-refractivity contribution >= 4 is 23.8 Å². The van der Waals surface area contributed by atoms with Gasteiger partial charge in [0.05, 0.1) is 17.2 Å². The minimum atomic E-state index is -1.24. The van der Waals surface area contributed by atoms with Gasteiger partial charge in [0.15, 0.2) is 0 Å². The molecule has 108 valence electrons. The standard InChI is InChI=1S/C15H14N2O4/c1-2-8-4-3-5-9-12(8)15(21)17(14(9)20)10-6-7-11(18)16-13(10)19/h2-5,10,13,19H,1,6-7H2,(H,16,18). The summed E-state index contributed by atoms with van der Waals surface area (Å²) in [7, 11) is 0. The van der Waals surface area contributed by atoms with Crippen molar-refractivity contribution in [3.05, 3.63) is 41.5 Å². The maximum absolute atomic E-state index is 12.5. The number of aliphatic hydroxyl groups excluding tert-OH is 1. The lowest BCUT2D eigenvalue weighted by Crippen LogP contribution is -2.57. The van der Waals surface area contributed by atoms with Crippen molar-refractivity contribution < 1.29 is 19.5 Å². The second-order valence-electron chi connectivity index (χ2n) is 5.07. The number of fused-ring (bicyclic) bond motifs is 1. The molecular weight excluding hydrogens is 272 g/mol. The summed E-state index contributed by atoms with van der Waals surface area (Å²) < 4.78 is 0. The highest BCUT2D eigenvalue weighted by Crippen LogP contribution is 2.30. The van der Waals surface area contributed by atoms with Crippen molar-refractivity contribution in [1.29, 1.82) is 0 Å². The zero-order valence-electron chi connectivity index (χ0n) is 11.2. The molecule has 2 unspecified atom stereocenters. The zero-order valence-corrected chi connectivity index (χ0v) is 11.2. The fraction of sp³-hybridized carbons (Fsp3) is 0.267. The van der Waals surface area contributed by atoms with Crippen molar-refractivity contribution in [2.45, 2.75) is 25.1 Å². The van der Waals surface area contributed by atoms with E-state index in [1.807, 2.05) is 0 Å². The summed E-state index contributed by atoms with van der Waals surface area (Å²) in [5.41, 5.74) is 1.20. The molecule has 1 aromatic rings. The van der Waals surface area contributed by atoms with Gasteiger partial charge in [-0.15, -0.1) is 0 Å². The smallest absolute Gasteiger partial charge is 0.262 e. The molecule has 0 aliphatic carbocycles. The Hall–Kier alpha value is -2.47. The van der Waals surface area contributed by atoms with Crippen molar-refractivity contribution in [3.8, 4) is 0 Å². The van der Waals surface area contributed by atoms with Crippen molar-refractivity contribution in [2.24, 2.45) is 0 Å². The second kappa shape index (κ2) is 4.82. The van der Waals surface area contributed by atoms with E-state index in [0.717, 1.165) is 4.90 Å². The molecule has 2 aliphatic heterocycles. The number of piperidine rings is 1. The molecule has 1 saturated heterocycles. The first kappa shape index (κ1) is 13.5.